The van der Waals surface area contributed by atoms with Crippen LogP contribution in [-0.4, -0.2) is 9.97 Å². The normalized spacial score (nSPS) is 11.7. The molecule has 0 fully saturated rings. The molecule has 0 saturated carbocycles. The Balaban J connectivity index is 2.17. The molecule has 2 aromatic carbocycles. The lowest BCUT2D eigenvalue weighted by Crippen LogP contribution is -2.12. The van der Waals surface area contributed by atoms with Crippen LogP contribution < -0.4 is 5.32 Å². The Kier molecular flexibility index (Phi) is 3.85. The number of para-hydroxylation sites is 1. The summed E-state index contributed by atoms with van der Waals surface area (Å²) in [5, 5.41) is 3.95. The standard InChI is InChI=1S/C16H11ClF3N3/c1-9-11(17)6-4-8-12(9)21-14-10-5-2-3-7-13(10)22-15(23-14)16(18,19)20/h2-8H,1H3,(H,21,22,23). The van der Waals surface area contributed by atoms with Gasteiger partial charge in [0.25, 0.3) is 0 Å². The summed E-state index contributed by atoms with van der Waals surface area (Å²) in [6.45, 7) is 1.78. The molecule has 7 heteroatoms. The van der Waals surface area contributed by atoms with Gasteiger partial charge in [0.1, 0.15) is 5.82 Å². The number of aromatic nitrogens is 2. The lowest BCUT2D eigenvalue weighted by Gasteiger charge is -2.14. The van der Waals surface area contributed by atoms with E-state index >= 15 is 0 Å². The van der Waals surface area contributed by atoms with Crippen molar-refractivity contribution in [2.45, 2.75) is 13.1 Å². The minimum atomic E-state index is -4.62. The van der Waals surface area contributed by atoms with E-state index in [1.807, 2.05) is 0 Å². The maximum absolute atomic E-state index is 13.0. The van der Waals surface area contributed by atoms with Gasteiger partial charge in [-0.05, 0) is 36.8 Å². The smallest absolute Gasteiger partial charge is 0.339 e. The van der Waals surface area contributed by atoms with Gasteiger partial charge < -0.3 is 5.32 Å². The SMILES string of the molecule is Cc1c(Cl)cccc1Nc1nc(C(F)(F)F)nc2ccccc12. The molecule has 1 N–H and O–H groups in total. The number of nitrogens with zero attached hydrogens (tertiary/aromatic N) is 2. The summed E-state index contributed by atoms with van der Waals surface area (Å²) in [5.41, 5.74) is 1.54. The van der Waals surface area contributed by atoms with Crippen LogP contribution in [0.15, 0.2) is 42.5 Å². The van der Waals surface area contributed by atoms with E-state index in [2.05, 4.69) is 15.3 Å². The molecular formula is C16H11ClF3N3. The van der Waals surface area contributed by atoms with Gasteiger partial charge in [0.2, 0.25) is 5.82 Å². The molecule has 0 aliphatic rings. The third kappa shape index (κ3) is 3.07. The average molecular weight is 338 g/mol. The molecule has 0 aliphatic carbocycles. The summed E-state index contributed by atoms with van der Waals surface area (Å²) in [7, 11) is 0. The molecule has 118 valence electrons. The molecule has 3 aromatic rings. The van der Waals surface area contributed by atoms with Crippen molar-refractivity contribution in [2.24, 2.45) is 0 Å². The number of benzene rings is 2. The van der Waals surface area contributed by atoms with Crippen molar-refractivity contribution in [2.75, 3.05) is 5.32 Å². The van der Waals surface area contributed by atoms with Crippen molar-refractivity contribution in [3.05, 3.63) is 58.9 Å². The van der Waals surface area contributed by atoms with Crippen molar-refractivity contribution in [1.29, 1.82) is 0 Å². The molecule has 0 aliphatic heterocycles. The molecule has 3 nitrogen and oxygen atoms in total. The van der Waals surface area contributed by atoms with Gasteiger partial charge in [-0.3, -0.25) is 0 Å². The molecule has 1 aromatic heterocycles. The van der Waals surface area contributed by atoms with Gasteiger partial charge in [0.15, 0.2) is 0 Å². The average Bonchev–Trinajstić information content (AvgIpc) is 2.51. The maximum Gasteiger partial charge on any atom is 0.451 e. The number of hydrogen-bond donors (Lipinski definition) is 1. The summed E-state index contributed by atoms with van der Waals surface area (Å²) in [6.07, 6.45) is -4.62. The molecule has 23 heavy (non-hydrogen) atoms. The Morgan fingerprint density at radius 3 is 2.48 bits per heavy atom. The Morgan fingerprint density at radius 1 is 1.00 bits per heavy atom. The maximum atomic E-state index is 13.0. The number of alkyl halides is 3. The lowest BCUT2D eigenvalue weighted by molar-refractivity contribution is -0.144. The summed E-state index contributed by atoms with van der Waals surface area (Å²) in [6, 6.07) is 11.7. The number of hydrogen-bond acceptors (Lipinski definition) is 3. The molecule has 0 spiro atoms. The quantitative estimate of drug-likeness (QED) is 0.684. The Bertz CT molecular complexity index is 878. The first-order valence-corrected chi connectivity index (χ1v) is 7.10. The highest BCUT2D eigenvalue weighted by Gasteiger charge is 2.35. The number of anilines is 2. The minimum absolute atomic E-state index is 0.0910. The van der Waals surface area contributed by atoms with Crippen LogP contribution in [0.5, 0.6) is 0 Å². The van der Waals surface area contributed by atoms with E-state index in [1.165, 1.54) is 6.07 Å². The van der Waals surface area contributed by atoms with Crippen LogP contribution in [0.2, 0.25) is 5.02 Å². The topological polar surface area (TPSA) is 37.8 Å². The molecule has 1 heterocycles. The van der Waals surface area contributed by atoms with Crippen LogP contribution in [0.3, 0.4) is 0 Å². The van der Waals surface area contributed by atoms with Crippen molar-refractivity contribution in [1.82, 2.24) is 9.97 Å². The zero-order chi connectivity index (χ0) is 16.6. The highest BCUT2D eigenvalue weighted by molar-refractivity contribution is 6.31. The van der Waals surface area contributed by atoms with Crippen LogP contribution in [-0.2, 0) is 6.18 Å². The summed E-state index contributed by atoms with van der Waals surface area (Å²) in [5.74, 6) is -1.09. The van der Waals surface area contributed by atoms with Gasteiger partial charge in [-0.1, -0.05) is 29.8 Å². The Hall–Kier alpha value is -2.34. The minimum Gasteiger partial charge on any atom is -0.339 e. The number of nitrogens with one attached hydrogen (secondary N) is 1. The number of halogens is 4. The van der Waals surface area contributed by atoms with Gasteiger partial charge in [0.05, 0.1) is 5.52 Å². The van der Waals surface area contributed by atoms with E-state index in [-0.39, 0.29) is 11.3 Å². The number of rotatable bonds is 2. The molecule has 0 saturated heterocycles. The first kappa shape index (κ1) is 15.6. The van der Waals surface area contributed by atoms with Crippen molar-refractivity contribution in [3.63, 3.8) is 0 Å². The van der Waals surface area contributed by atoms with Gasteiger partial charge in [-0.15, -0.1) is 0 Å². The molecule has 0 amide bonds. The fraction of sp³-hybridized carbons (Fsp3) is 0.125. The van der Waals surface area contributed by atoms with Crippen LogP contribution in [0.4, 0.5) is 24.7 Å². The highest BCUT2D eigenvalue weighted by atomic mass is 35.5. The first-order valence-electron chi connectivity index (χ1n) is 6.72. The molecule has 0 bridgehead atoms. The third-order valence-corrected chi connectivity index (χ3v) is 3.79. The zero-order valence-corrected chi connectivity index (χ0v) is 12.7. The molecule has 0 atom stereocenters. The van der Waals surface area contributed by atoms with E-state index < -0.39 is 12.0 Å². The van der Waals surface area contributed by atoms with Gasteiger partial charge in [-0.2, -0.15) is 13.2 Å². The van der Waals surface area contributed by atoms with E-state index in [1.54, 1.807) is 43.3 Å². The molecule has 0 radical (unpaired) electrons. The van der Waals surface area contributed by atoms with Crippen LogP contribution in [0.1, 0.15) is 11.4 Å². The van der Waals surface area contributed by atoms with Gasteiger partial charge >= 0.3 is 6.18 Å². The van der Waals surface area contributed by atoms with Crippen LogP contribution in [0, 0.1) is 6.92 Å². The summed E-state index contributed by atoms with van der Waals surface area (Å²) >= 11 is 6.05. The molecule has 3 rings (SSSR count). The predicted octanol–water partition coefficient (Wildman–Crippen LogP) is 5.35. The van der Waals surface area contributed by atoms with Crippen molar-refractivity contribution < 1.29 is 13.2 Å². The van der Waals surface area contributed by atoms with Crippen molar-refractivity contribution in [3.8, 4) is 0 Å². The second-order valence-electron chi connectivity index (χ2n) is 4.95. The summed E-state index contributed by atoms with van der Waals surface area (Å²) < 4.78 is 39.0. The third-order valence-electron chi connectivity index (χ3n) is 3.38. The highest BCUT2D eigenvalue weighted by Crippen LogP contribution is 2.32. The van der Waals surface area contributed by atoms with Crippen LogP contribution in [0.25, 0.3) is 10.9 Å². The van der Waals surface area contributed by atoms with E-state index in [0.29, 0.717) is 16.1 Å². The first-order chi connectivity index (χ1) is 10.9. The second-order valence-corrected chi connectivity index (χ2v) is 5.36. The van der Waals surface area contributed by atoms with Crippen molar-refractivity contribution >= 4 is 34.0 Å². The largest absolute Gasteiger partial charge is 0.451 e. The lowest BCUT2D eigenvalue weighted by atomic mass is 10.2. The number of fused-ring (bicyclic) bond motifs is 1. The summed E-state index contributed by atoms with van der Waals surface area (Å²) in [4.78, 5) is 7.23. The fourth-order valence-corrected chi connectivity index (χ4v) is 2.34. The van der Waals surface area contributed by atoms with E-state index in [0.717, 1.165) is 5.56 Å². The molecular weight excluding hydrogens is 327 g/mol. The molecule has 0 unspecified atom stereocenters. The fourth-order valence-electron chi connectivity index (χ4n) is 2.17. The van der Waals surface area contributed by atoms with Gasteiger partial charge in [0, 0.05) is 16.1 Å². The monoisotopic (exact) mass is 337 g/mol. The second kappa shape index (κ2) is 5.70. The van der Waals surface area contributed by atoms with Gasteiger partial charge in [-0.25, -0.2) is 9.97 Å². The Morgan fingerprint density at radius 2 is 1.74 bits per heavy atom. The predicted molar refractivity (Wildman–Crippen MR) is 84.0 cm³/mol. The Labute approximate surface area is 135 Å². The van der Waals surface area contributed by atoms with E-state index in [4.69, 9.17) is 11.6 Å². The van der Waals surface area contributed by atoms with E-state index in [9.17, 15) is 13.2 Å². The zero-order valence-electron chi connectivity index (χ0n) is 11.9. The van der Waals surface area contributed by atoms with Crippen LogP contribution >= 0.6 is 11.6 Å².